The van der Waals surface area contributed by atoms with Crippen molar-refractivity contribution in [2.45, 2.75) is 77.4 Å². The SMILES string of the molecule is CCCC1CCC(C(CCC(F)(F)F)NCC)CC1. The van der Waals surface area contributed by atoms with Gasteiger partial charge in [0.1, 0.15) is 0 Å². The molecule has 0 aromatic carbocycles. The molecule has 114 valence electrons. The number of halogens is 3. The molecule has 0 aliphatic heterocycles. The van der Waals surface area contributed by atoms with Gasteiger partial charge in [-0.15, -0.1) is 0 Å². The fourth-order valence-electron chi connectivity index (χ4n) is 3.37. The van der Waals surface area contributed by atoms with Gasteiger partial charge in [-0.2, -0.15) is 13.2 Å². The van der Waals surface area contributed by atoms with E-state index in [0.29, 0.717) is 5.92 Å². The zero-order valence-electron chi connectivity index (χ0n) is 12.2. The fourth-order valence-corrected chi connectivity index (χ4v) is 3.37. The first-order valence-corrected chi connectivity index (χ1v) is 7.76. The maximum absolute atomic E-state index is 12.4. The molecule has 0 heterocycles. The van der Waals surface area contributed by atoms with Crippen LogP contribution in [0.5, 0.6) is 0 Å². The number of alkyl halides is 3. The summed E-state index contributed by atoms with van der Waals surface area (Å²) in [6.07, 6.45) is 2.66. The molecule has 1 aliphatic carbocycles. The summed E-state index contributed by atoms with van der Waals surface area (Å²) in [4.78, 5) is 0. The quantitative estimate of drug-likeness (QED) is 0.698. The maximum atomic E-state index is 12.4. The van der Waals surface area contributed by atoms with Gasteiger partial charge in [0.05, 0.1) is 0 Å². The highest BCUT2D eigenvalue weighted by molar-refractivity contribution is 4.82. The summed E-state index contributed by atoms with van der Waals surface area (Å²) in [5.74, 6) is 1.25. The molecule has 19 heavy (non-hydrogen) atoms. The first kappa shape index (κ1) is 16.8. The highest BCUT2D eigenvalue weighted by Gasteiger charge is 2.32. The summed E-state index contributed by atoms with van der Waals surface area (Å²) < 4.78 is 37.1. The lowest BCUT2D eigenvalue weighted by Crippen LogP contribution is -2.39. The van der Waals surface area contributed by atoms with Crippen LogP contribution in [0, 0.1) is 11.8 Å². The molecule has 1 fully saturated rings. The van der Waals surface area contributed by atoms with Crippen LogP contribution >= 0.6 is 0 Å². The van der Waals surface area contributed by atoms with Crippen molar-refractivity contribution < 1.29 is 13.2 Å². The van der Waals surface area contributed by atoms with Gasteiger partial charge in [-0.05, 0) is 37.6 Å². The second-order valence-corrected chi connectivity index (χ2v) is 5.89. The summed E-state index contributed by atoms with van der Waals surface area (Å²) in [5, 5.41) is 3.27. The van der Waals surface area contributed by atoms with Crippen molar-refractivity contribution in [3.63, 3.8) is 0 Å². The molecule has 1 unspecified atom stereocenters. The van der Waals surface area contributed by atoms with E-state index in [1.807, 2.05) is 6.92 Å². The van der Waals surface area contributed by atoms with Crippen molar-refractivity contribution in [1.29, 1.82) is 0 Å². The van der Waals surface area contributed by atoms with E-state index in [4.69, 9.17) is 0 Å². The molecule has 1 aliphatic rings. The monoisotopic (exact) mass is 279 g/mol. The third kappa shape index (κ3) is 6.64. The second-order valence-electron chi connectivity index (χ2n) is 5.89. The Hall–Kier alpha value is -0.250. The van der Waals surface area contributed by atoms with E-state index in [1.54, 1.807) is 0 Å². The van der Waals surface area contributed by atoms with Gasteiger partial charge < -0.3 is 5.32 Å². The molecule has 4 heteroatoms. The maximum Gasteiger partial charge on any atom is 0.389 e. The lowest BCUT2D eigenvalue weighted by Gasteiger charge is -2.34. The van der Waals surface area contributed by atoms with Crippen LogP contribution in [-0.4, -0.2) is 18.8 Å². The molecule has 1 N–H and O–H groups in total. The number of hydrogen-bond acceptors (Lipinski definition) is 1. The van der Waals surface area contributed by atoms with Crippen molar-refractivity contribution >= 4 is 0 Å². The molecule has 0 aromatic rings. The minimum atomic E-state index is -4.02. The molecular formula is C15H28F3N. The van der Waals surface area contributed by atoms with E-state index in [0.717, 1.165) is 25.3 Å². The second kappa shape index (κ2) is 8.13. The van der Waals surface area contributed by atoms with Crippen LogP contribution in [0.2, 0.25) is 0 Å². The van der Waals surface area contributed by atoms with Crippen molar-refractivity contribution in [2.75, 3.05) is 6.54 Å². The minimum absolute atomic E-state index is 0.0502. The standard InChI is InChI=1S/C15H28F3N/c1-3-5-12-6-8-13(9-7-12)14(19-4-2)10-11-15(16,17)18/h12-14,19H,3-11H2,1-2H3. The molecule has 0 saturated heterocycles. The van der Waals surface area contributed by atoms with Gasteiger partial charge in [0.2, 0.25) is 0 Å². The van der Waals surface area contributed by atoms with Crippen LogP contribution in [-0.2, 0) is 0 Å². The normalized spacial score (nSPS) is 26.4. The molecule has 1 nitrogen and oxygen atoms in total. The summed E-state index contributed by atoms with van der Waals surface area (Å²) in [6, 6.07) is 0.0502. The Bertz CT molecular complexity index is 232. The van der Waals surface area contributed by atoms with E-state index < -0.39 is 12.6 Å². The number of nitrogens with one attached hydrogen (secondary N) is 1. The van der Waals surface area contributed by atoms with Crippen LogP contribution in [0.15, 0.2) is 0 Å². The summed E-state index contributed by atoms with van der Waals surface area (Å²) in [6.45, 7) is 4.94. The lowest BCUT2D eigenvalue weighted by molar-refractivity contribution is -0.137. The van der Waals surface area contributed by atoms with Gasteiger partial charge in [-0.3, -0.25) is 0 Å². The fraction of sp³-hybridized carbons (Fsp3) is 1.00. The van der Waals surface area contributed by atoms with E-state index in [-0.39, 0.29) is 12.5 Å². The summed E-state index contributed by atoms with van der Waals surface area (Å²) in [7, 11) is 0. The predicted molar refractivity (Wildman–Crippen MR) is 73.1 cm³/mol. The Morgan fingerprint density at radius 2 is 1.74 bits per heavy atom. The predicted octanol–water partition coefficient (Wildman–Crippen LogP) is 4.91. The average molecular weight is 279 g/mol. The van der Waals surface area contributed by atoms with Crippen molar-refractivity contribution in [3.05, 3.63) is 0 Å². The Labute approximate surface area is 115 Å². The van der Waals surface area contributed by atoms with E-state index in [9.17, 15) is 13.2 Å². The van der Waals surface area contributed by atoms with E-state index in [1.165, 1.54) is 25.7 Å². The first-order valence-electron chi connectivity index (χ1n) is 7.76. The highest BCUT2D eigenvalue weighted by atomic mass is 19.4. The summed E-state index contributed by atoms with van der Waals surface area (Å²) >= 11 is 0. The lowest BCUT2D eigenvalue weighted by atomic mass is 9.76. The zero-order valence-corrected chi connectivity index (χ0v) is 12.2. The van der Waals surface area contributed by atoms with Gasteiger partial charge in [0.15, 0.2) is 0 Å². The molecule has 0 bridgehead atoms. The third-order valence-corrected chi connectivity index (χ3v) is 4.36. The topological polar surface area (TPSA) is 12.0 Å². The molecule has 0 aromatic heterocycles. The molecule has 1 saturated carbocycles. The van der Waals surface area contributed by atoms with Gasteiger partial charge in [-0.1, -0.05) is 39.5 Å². The molecule has 0 spiro atoms. The molecule has 0 radical (unpaired) electrons. The number of hydrogen-bond donors (Lipinski definition) is 1. The molecular weight excluding hydrogens is 251 g/mol. The van der Waals surface area contributed by atoms with Gasteiger partial charge >= 0.3 is 6.18 Å². The third-order valence-electron chi connectivity index (χ3n) is 4.36. The van der Waals surface area contributed by atoms with Crippen molar-refractivity contribution in [1.82, 2.24) is 5.32 Å². The highest BCUT2D eigenvalue weighted by Crippen LogP contribution is 2.35. The van der Waals surface area contributed by atoms with Crippen LogP contribution in [0.25, 0.3) is 0 Å². The van der Waals surface area contributed by atoms with Gasteiger partial charge in [0.25, 0.3) is 0 Å². The summed E-state index contributed by atoms with van der Waals surface area (Å²) in [5.41, 5.74) is 0. The van der Waals surface area contributed by atoms with Crippen molar-refractivity contribution in [2.24, 2.45) is 11.8 Å². The first-order chi connectivity index (χ1) is 8.96. The Morgan fingerprint density at radius 3 is 2.21 bits per heavy atom. The zero-order chi connectivity index (χ0) is 14.3. The molecule has 0 amide bonds. The number of rotatable bonds is 7. The van der Waals surface area contributed by atoms with Gasteiger partial charge in [0, 0.05) is 12.5 Å². The Morgan fingerprint density at radius 1 is 1.11 bits per heavy atom. The Balaban J connectivity index is 2.40. The van der Waals surface area contributed by atoms with Gasteiger partial charge in [-0.25, -0.2) is 0 Å². The Kier molecular flexibility index (Phi) is 7.19. The molecule has 1 rings (SSSR count). The van der Waals surface area contributed by atoms with E-state index in [2.05, 4.69) is 12.2 Å². The van der Waals surface area contributed by atoms with Crippen LogP contribution in [0.3, 0.4) is 0 Å². The smallest absolute Gasteiger partial charge is 0.314 e. The molecule has 1 atom stereocenters. The van der Waals surface area contributed by atoms with Crippen molar-refractivity contribution in [3.8, 4) is 0 Å². The van der Waals surface area contributed by atoms with Crippen LogP contribution in [0.1, 0.15) is 65.2 Å². The van der Waals surface area contributed by atoms with Crippen LogP contribution < -0.4 is 5.32 Å². The largest absolute Gasteiger partial charge is 0.389 e. The van der Waals surface area contributed by atoms with Crippen LogP contribution in [0.4, 0.5) is 13.2 Å². The minimum Gasteiger partial charge on any atom is -0.314 e. The van der Waals surface area contributed by atoms with E-state index >= 15 is 0 Å². The average Bonchev–Trinajstić information content (AvgIpc) is 2.35.